The maximum atomic E-state index is 6.00. The maximum absolute atomic E-state index is 6.00. The van der Waals surface area contributed by atoms with Gasteiger partial charge < -0.3 is 9.47 Å². The fourth-order valence-electron chi connectivity index (χ4n) is 3.48. The monoisotopic (exact) mass is 386 g/mol. The molecular formula is C26H42O2. The van der Waals surface area contributed by atoms with E-state index in [4.69, 9.17) is 9.47 Å². The molecule has 1 fully saturated rings. The first-order valence-electron chi connectivity index (χ1n) is 11.7. The van der Waals surface area contributed by atoms with Gasteiger partial charge in [0.25, 0.3) is 0 Å². The van der Waals surface area contributed by atoms with Gasteiger partial charge in [0.05, 0.1) is 6.61 Å². The summed E-state index contributed by atoms with van der Waals surface area (Å²) in [5.41, 5.74) is 1.30. The van der Waals surface area contributed by atoms with Crippen molar-refractivity contribution in [2.75, 3.05) is 13.2 Å². The van der Waals surface area contributed by atoms with E-state index in [-0.39, 0.29) is 5.60 Å². The highest BCUT2D eigenvalue weighted by atomic mass is 16.6. The number of para-hydroxylation sites is 1. The molecule has 1 unspecified atom stereocenters. The van der Waals surface area contributed by atoms with Crippen LogP contribution in [0.15, 0.2) is 36.4 Å². The molecular weight excluding hydrogens is 344 g/mol. The minimum atomic E-state index is -0.0432. The van der Waals surface area contributed by atoms with E-state index in [9.17, 15) is 0 Å². The summed E-state index contributed by atoms with van der Waals surface area (Å²) in [5.74, 6) is 1.04. The summed E-state index contributed by atoms with van der Waals surface area (Å²) in [4.78, 5) is 0. The molecule has 0 aliphatic carbocycles. The summed E-state index contributed by atoms with van der Waals surface area (Å²) in [5, 5.41) is 0. The molecule has 158 valence electrons. The number of hydrogen-bond acceptors (Lipinski definition) is 2. The first-order chi connectivity index (χ1) is 13.7. The summed E-state index contributed by atoms with van der Waals surface area (Å²) in [6.45, 7) is 5.86. The third-order valence-electron chi connectivity index (χ3n) is 5.60. The first-order valence-corrected chi connectivity index (χ1v) is 11.7. The molecule has 1 aromatic carbocycles. The zero-order valence-electron chi connectivity index (χ0n) is 18.4. The topological polar surface area (TPSA) is 21.8 Å². The van der Waals surface area contributed by atoms with Crippen LogP contribution in [0.5, 0.6) is 5.75 Å². The molecule has 0 saturated carbocycles. The van der Waals surface area contributed by atoms with Crippen LogP contribution in [0, 0.1) is 0 Å². The van der Waals surface area contributed by atoms with E-state index in [2.05, 4.69) is 50.3 Å². The minimum absolute atomic E-state index is 0.0432. The third kappa shape index (κ3) is 10.3. The van der Waals surface area contributed by atoms with Crippen LogP contribution >= 0.6 is 0 Å². The molecule has 2 heteroatoms. The Hall–Kier alpha value is -1.28. The van der Waals surface area contributed by atoms with Crippen LogP contribution in [-0.4, -0.2) is 18.8 Å². The lowest BCUT2D eigenvalue weighted by atomic mass is 10.0. The van der Waals surface area contributed by atoms with Gasteiger partial charge >= 0.3 is 0 Å². The Bertz CT molecular complexity index is 545. The van der Waals surface area contributed by atoms with Gasteiger partial charge in [0.1, 0.15) is 18.0 Å². The second-order valence-corrected chi connectivity index (χ2v) is 8.62. The molecule has 0 radical (unpaired) electrons. The van der Waals surface area contributed by atoms with Crippen molar-refractivity contribution in [2.45, 2.75) is 103 Å². The maximum Gasteiger partial charge on any atom is 0.123 e. The lowest BCUT2D eigenvalue weighted by Crippen LogP contribution is -2.17. The summed E-state index contributed by atoms with van der Waals surface area (Å²) in [6.07, 6.45) is 22.0. The van der Waals surface area contributed by atoms with Crippen molar-refractivity contribution in [2.24, 2.45) is 0 Å². The highest BCUT2D eigenvalue weighted by Crippen LogP contribution is 2.28. The lowest BCUT2D eigenvalue weighted by Gasteiger charge is -2.13. The number of rotatable bonds is 17. The van der Waals surface area contributed by atoms with E-state index in [1.807, 2.05) is 0 Å². The Labute approximate surface area is 173 Å². The predicted molar refractivity (Wildman–Crippen MR) is 120 cm³/mol. The normalized spacial score (nSPS) is 18.6. The van der Waals surface area contributed by atoms with E-state index in [0.717, 1.165) is 18.8 Å². The van der Waals surface area contributed by atoms with Gasteiger partial charge in [-0.3, -0.25) is 0 Å². The Morgan fingerprint density at radius 1 is 0.893 bits per heavy atom. The van der Waals surface area contributed by atoms with Crippen molar-refractivity contribution in [3.63, 3.8) is 0 Å². The molecule has 28 heavy (non-hydrogen) atoms. The van der Waals surface area contributed by atoms with Crippen LogP contribution in [0.25, 0.3) is 0 Å². The molecule has 1 aliphatic heterocycles. The third-order valence-corrected chi connectivity index (χ3v) is 5.60. The quantitative estimate of drug-likeness (QED) is 0.156. The van der Waals surface area contributed by atoms with Crippen LogP contribution in [0.3, 0.4) is 0 Å². The molecule has 1 aromatic rings. The van der Waals surface area contributed by atoms with Crippen LogP contribution in [0.4, 0.5) is 0 Å². The standard InChI is InChI=1S/C26H42O2/c1-3-4-5-6-7-8-9-10-11-12-13-14-15-16-19-24-20-17-18-21-25(24)27-22-26(2)23-28-26/h6-7,17-18,20-21H,3-5,8-16,19,22-23H2,1-2H3/b7-6+. The second kappa shape index (κ2) is 13.8. The van der Waals surface area contributed by atoms with Gasteiger partial charge in [-0.1, -0.05) is 88.6 Å². The van der Waals surface area contributed by atoms with Crippen molar-refractivity contribution in [3.05, 3.63) is 42.0 Å². The Balaban J connectivity index is 1.44. The van der Waals surface area contributed by atoms with Gasteiger partial charge in [-0.15, -0.1) is 0 Å². The molecule has 1 saturated heterocycles. The van der Waals surface area contributed by atoms with E-state index < -0.39 is 0 Å². The summed E-state index contributed by atoms with van der Waals surface area (Å²) >= 11 is 0. The molecule has 0 amide bonds. The SMILES string of the molecule is CCCC/C=C/CCCCCCCCCCc1ccccc1OCC1(C)CO1. The average molecular weight is 387 g/mol. The molecule has 0 aromatic heterocycles. The molecule has 1 aliphatic rings. The number of unbranched alkanes of at least 4 members (excludes halogenated alkanes) is 10. The predicted octanol–water partition coefficient (Wildman–Crippen LogP) is 7.65. The van der Waals surface area contributed by atoms with E-state index in [0.29, 0.717) is 6.61 Å². The van der Waals surface area contributed by atoms with Crippen LogP contribution in [0.1, 0.15) is 96.5 Å². The molecule has 0 N–H and O–H groups in total. The fourth-order valence-corrected chi connectivity index (χ4v) is 3.48. The van der Waals surface area contributed by atoms with Crippen LogP contribution < -0.4 is 4.74 Å². The lowest BCUT2D eigenvalue weighted by molar-refractivity contribution is 0.201. The Morgan fingerprint density at radius 3 is 2.18 bits per heavy atom. The van der Waals surface area contributed by atoms with Gasteiger partial charge in [-0.2, -0.15) is 0 Å². The molecule has 1 heterocycles. The number of ether oxygens (including phenoxy) is 2. The first kappa shape index (κ1) is 23.0. The zero-order valence-corrected chi connectivity index (χ0v) is 18.4. The van der Waals surface area contributed by atoms with Crippen molar-refractivity contribution in [1.29, 1.82) is 0 Å². The number of epoxide rings is 1. The van der Waals surface area contributed by atoms with E-state index in [1.54, 1.807) is 0 Å². The number of benzene rings is 1. The van der Waals surface area contributed by atoms with Gasteiger partial charge in [-0.25, -0.2) is 0 Å². The second-order valence-electron chi connectivity index (χ2n) is 8.62. The highest BCUT2D eigenvalue weighted by molar-refractivity contribution is 5.33. The highest BCUT2D eigenvalue weighted by Gasteiger charge is 2.40. The summed E-state index contributed by atoms with van der Waals surface area (Å²) < 4.78 is 11.4. The van der Waals surface area contributed by atoms with Gasteiger partial charge in [0.15, 0.2) is 0 Å². The van der Waals surface area contributed by atoms with Crippen molar-refractivity contribution >= 4 is 0 Å². The van der Waals surface area contributed by atoms with Crippen LogP contribution in [0.2, 0.25) is 0 Å². The molecule has 0 spiro atoms. The van der Waals surface area contributed by atoms with E-state index >= 15 is 0 Å². The smallest absolute Gasteiger partial charge is 0.123 e. The molecule has 1 atom stereocenters. The van der Waals surface area contributed by atoms with E-state index in [1.165, 1.54) is 82.6 Å². The molecule has 2 nitrogen and oxygen atoms in total. The summed E-state index contributed by atoms with van der Waals surface area (Å²) in [6, 6.07) is 8.49. The Kier molecular flexibility index (Phi) is 11.4. The van der Waals surface area contributed by atoms with Gasteiger partial charge in [-0.05, 0) is 50.7 Å². The van der Waals surface area contributed by atoms with Gasteiger partial charge in [0.2, 0.25) is 0 Å². The fraction of sp³-hybridized carbons (Fsp3) is 0.692. The summed E-state index contributed by atoms with van der Waals surface area (Å²) in [7, 11) is 0. The average Bonchev–Trinajstić information content (AvgIpc) is 3.45. The zero-order chi connectivity index (χ0) is 19.9. The number of allylic oxidation sites excluding steroid dienone is 2. The molecule has 2 rings (SSSR count). The number of aryl methyl sites for hydroxylation is 1. The Morgan fingerprint density at radius 2 is 1.50 bits per heavy atom. The van der Waals surface area contributed by atoms with Gasteiger partial charge in [0, 0.05) is 0 Å². The van der Waals surface area contributed by atoms with Crippen molar-refractivity contribution < 1.29 is 9.47 Å². The van der Waals surface area contributed by atoms with Crippen LogP contribution in [-0.2, 0) is 11.2 Å². The largest absolute Gasteiger partial charge is 0.490 e. The van der Waals surface area contributed by atoms with Crippen molar-refractivity contribution in [1.82, 2.24) is 0 Å². The minimum Gasteiger partial charge on any atom is -0.490 e. The molecule has 0 bridgehead atoms. The van der Waals surface area contributed by atoms with Crippen molar-refractivity contribution in [3.8, 4) is 5.75 Å². The number of hydrogen-bond donors (Lipinski definition) is 0.